The van der Waals surface area contributed by atoms with Crippen LogP contribution in [0.5, 0.6) is 0 Å². The largest absolute Gasteiger partial charge is 0.383 e. The molecule has 0 bridgehead atoms. The molecule has 2 aromatic rings. The number of nitrogens with one attached hydrogen (secondary N) is 1. The number of Topliss-reactive ketones (excluding diaryl/α,β-unsaturated/α-hetero) is 1. The number of thiazole rings is 1. The van der Waals surface area contributed by atoms with Gasteiger partial charge in [0.15, 0.2) is 5.01 Å². The third-order valence-corrected chi connectivity index (χ3v) is 3.80. The van der Waals surface area contributed by atoms with Crippen molar-refractivity contribution in [2.75, 3.05) is 12.3 Å². The standard InChI is InChI=1S/C14H17N3OS/c1-9-4-3-5-11(6-9)7-16-8-12(18)14-17-13(15)10(2)19-14/h3-6,16H,7-8,15H2,1-2H3. The lowest BCUT2D eigenvalue weighted by Crippen LogP contribution is -2.22. The second kappa shape index (κ2) is 5.95. The summed E-state index contributed by atoms with van der Waals surface area (Å²) < 4.78 is 0. The van der Waals surface area contributed by atoms with Crippen molar-refractivity contribution in [1.82, 2.24) is 10.3 Å². The molecule has 0 radical (unpaired) electrons. The second-order valence-electron chi connectivity index (χ2n) is 4.48. The number of nitrogens with two attached hydrogens (primary N) is 1. The Morgan fingerprint density at radius 3 is 2.84 bits per heavy atom. The molecular formula is C14H17N3OS. The first-order chi connectivity index (χ1) is 9.06. The molecule has 5 heteroatoms. The Hall–Kier alpha value is -1.72. The van der Waals surface area contributed by atoms with Crippen LogP contribution in [-0.4, -0.2) is 17.3 Å². The molecule has 19 heavy (non-hydrogen) atoms. The van der Waals surface area contributed by atoms with Gasteiger partial charge in [-0.3, -0.25) is 4.79 Å². The molecule has 3 N–H and O–H groups in total. The number of rotatable bonds is 5. The SMILES string of the molecule is Cc1cccc(CNCC(=O)c2nc(N)c(C)s2)c1. The molecule has 0 aliphatic carbocycles. The van der Waals surface area contributed by atoms with Crippen molar-refractivity contribution >= 4 is 22.9 Å². The Balaban J connectivity index is 1.87. The number of carbonyl (C=O) groups excluding carboxylic acids is 1. The Kier molecular flexibility index (Phi) is 4.29. The molecule has 0 spiro atoms. The predicted octanol–water partition coefficient (Wildman–Crippen LogP) is 2.31. The lowest BCUT2D eigenvalue weighted by atomic mass is 10.1. The molecule has 0 aliphatic rings. The van der Waals surface area contributed by atoms with Crippen LogP contribution >= 0.6 is 11.3 Å². The fraction of sp³-hybridized carbons (Fsp3) is 0.286. The molecule has 0 amide bonds. The quantitative estimate of drug-likeness (QED) is 0.822. The molecule has 0 fully saturated rings. The Morgan fingerprint density at radius 2 is 2.21 bits per heavy atom. The number of benzene rings is 1. The van der Waals surface area contributed by atoms with Gasteiger partial charge in [0.1, 0.15) is 5.82 Å². The number of hydrogen-bond donors (Lipinski definition) is 2. The minimum atomic E-state index is -0.0162. The average molecular weight is 275 g/mol. The number of nitrogen functional groups attached to an aromatic ring is 1. The van der Waals surface area contributed by atoms with E-state index in [-0.39, 0.29) is 12.3 Å². The van der Waals surface area contributed by atoms with Crippen LogP contribution in [0.25, 0.3) is 0 Å². The maximum Gasteiger partial charge on any atom is 0.205 e. The summed E-state index contributed by atoms with van der Waals surface area (Å²) in [6, 6.07) is 8.20. The summed E-state index contributed by atoms with van der Waals surface area (Å²) in [6.45, 7) is 4.87. The van der Waals surface area contributed by atoms with Crippen LogP contribution in [0, 0.1) is 13.8 Å². The fourth-order valence-corrected chi connectivity index (χ4v) is 2.52. The molecule has 0 aliphatic heterocycles. The van der Waals surface area contributed by atoms with Crippen LogP contribution in [0.15, 0.2) is 24.3 Å². The molecule has 0 atom stereocenters. The highest BCUT2D eigenvalue weighted by Crippen LogP contribution is 2.19. The highest BCUT2D eigenvalue weighted by atomic mass is 32.1. The maximum absolute atomic E-state index is 11.9. The van der Waals surface area contributed by atoms with Gasteiger partial charge in [-0.05, 0) is 19.4 Å². The topological polar surface area (TPSA) is 68.0 Å². The molecule has 0 saturated carbocycles. The third-order valence-electron chi connectivity index (χ3n) is 2.77. The number of nitrogens with zero attached hydrogens (tertiary/aromatic N) is 1. The van der Waals surface area contributed by atoms with Gasteiger partial charge in [-0.25, -0.2) is 4.98 Å². The zero-order chi connectivity index (χ0) is 13.8. The highest BCUT2D eigenvalue weighted by molar-refractivity contribution is 7.14. The molecule has 1 heterocycles. The van der Waals surface area contributed by atoms with Gasteiger partial charge >= 0.3 is 0 Å². The summed E-state index contributed by atoms with van der Waals surface area (Å²) in [4.78, 5) is 16.8. The van der Waals surface area contributed by atoms with Crippen molar-refractivity contribution in [3.63, 3.8) is 0 Å². The third kappa shape index (κ3) is 3.62. The van der Waals surface area contributed by atoms with Crippen LogP contribution in [0.4, 0.5) is 5.82 Å². The first kappa shape index (κ1) is 13.7. The smallest absolute Gasteiger partial charge is 0.205 e. The number of hydrogen-bond acceptors (Lipinski definition) is 5. The molecular weight excluding hydrogens is 258 g/mol. The van der Waals surface area contributed by atoms with E-state index in [0.29, 0.717) is 17.4 Å². The summed E-state index contributed by atoms with van der Waals surface area (Å²) in [5.41, 5.74) is 8.03. The van der Waals surface area contributed by atoms with Crippen molar-refractivity contribution in [3.8, 4) is 0 Å². The van der Waals surface area contributed by atoms with Gasteiger partial charge < -0.3 is 11.1 Å². The minimum absolute atomic E-state index is 0.0162. The van der Waals surface area contributed by atoms with Gasteiger partial charge in [-0.15, -0.1) is 11.3 Å². The van der Waals surface area contributed by atoms with Crippen molar-refractivity contribution in [1.29, 1.82) is 0 Å². The lowest BCUT2D eigenvalue weighted by Gasteiger charge is -2.04. The fourth-order valence-electron chi connectivity index (χ4n) is 1.75. The number of ketones is 1. The van der Waals surface area contributed by atoms with E-state index in [4.69, 9.17) is 5.73 Å². The zero-order valence-electron chi connectivity index (χ0n) is 11.1. The van der Waals surface area contributed by atoms with E-state index < -0.39 is 0 Å². The zero-order valence-corrected chi connectivity index (χ0v) is 11.9. The second-order valence-corrected chi connectivity index (χ2v) is 5.68. The van der Waals surface area contributed by atoms with Crippen molar-refractivity contribution in [2.45, 2.75) is 20.4 Å². The number of anilines is 1. The van der Waals surface area contributed by atoms with E-state index in [2.05, 4.69) is 29.4 Å². The molecule has 2 rings (SSSR count). The normalized spacial score (nSPS) is 10.6. The van der Waals surface area contributed by atoms with E-state index in [1.165, 1.54) is 22.5 Å². The maximum atomic E-state index is 11.9. The summed E-state index contributed by atoms with van der Waals surface area (Å²) in [6.07, 6.45) is 0. The van der Waals surface area contributed by atoms with Crippen LogP contribution in [0.2, 0.25) is 0 Å². The molecule has 1 aromatic carbocycles. The van der Waals surface area contributed by atoms with E-state index in [1.54, 1.807) is 0 Å². The van der Waals surface area contributed by atoms with Gasteiger partial charge in [-0.2, -0.15) is 0 Å². The first-order valence-corrected chi connectivity index (χ1v) is 6.90. The molecule has 0 unspecified atom stereocenters. The Labute approximate surface area is 116 Å². The van der Waals surface area contributed by atoms with Gasteiger partial charge in [0.05, 0.1) is 6.54 Å². The Bertz CT molecular complexity index is 573. The molecule has 4 nitrogen and oxygen atoms in total. The van der Waals surface area contributed by atoms with E-state index in [9.17, 15) is 4.79 Å². The Morgan fingerprint density at radius 1 is 1.42 bits per heavy atom. The molecule has 100 valence electrons. The summed E-state index contributed by atoms with van der Waals surface area (Å²) >= 11 is 1.35. The van der Waals surface area contributed by atoms with E-state index in [1.807, 2.05) is 19.1 Å². The minimum Gasteiger partial charge on any atom is -0.383 e. The van der Waals surface area contributed by atoms with Gasteiger partial charge in [0.2, 0.25) is 5.78 Å². The van der Waals surface area contributed by atoms with Crippen molar-refractivity contribution < 1.29 is 4.79 Å². The predicted molar refractivity (Wildman–Crippen MR) is 78.5 cm³/mol. The van der Waals surface area contributed by atoms with Crippen LogP contribution in [0.1, 0.15) is 25.8 Å². The summed E-state index contributed by atoms with van der Waals surface area (Å²) in [5.74, 6) is 0.435. The highest BCUT2D eigenvalue weighted by Gasteiger charge is 2.12. The van der Waals surface area contributed by atoms with Gasteiger partial charge in [0, 0.05) is 11.4 Å². The molecule has 0 saturated heterocycles. The number of aromatic nitrogens is 1. The van der Waals surface area contributed by atoms with Crippen molar-refractivity contribution in [2.24, 2.45) is 0 Å². The van der Waals surface area contributed by atoms with Crippen LogP contribution in [-0.2, 0) is 6.54 Å². The van der Waals surface area contributed by atoms with E-state index >= 15 is 0 Å². The number of aryl methyl sites for hydroxylation is 2. The lowest BCUT2D eigenvalue weighted by molar-refractivity contribution is 0.0990. The summed E-state index contributed by atoms with van der Waals surface area (Å²) in [5, 5.41) is 3.61. The van der Waals surface area contributed by atoms with Crippen LogP contribution < -0.4 is 11.1 Å². The van der Waals surface area contributed by atoms with Crippen LogP contribution in [0.3, 0.4) is 0 Å². The monoisotopic (exact) mass is 275 g/mol. The van der Waals surface area contributed by atoms with Gasteiger partial charge in [0.25, 0.3) is 0 Å². The summed E-state index contributed by atoms with van der Waals surface area (Å²) in [7, 11) is 0. The van der Waals surface area contributed by atoms with Gasteiger partial charge in [-0.1, -0.05) is 29.8 Å². The first-order valence-electron chi connectivity index (χ1n) is 6.08. The number of carbonyl (C=O) groups is 1. The van der Waals surface area contributed by atoms with E-state index in [0.717, 1.165) is 4.88 Å². The average Bonchev–Trinajstić information content (AvgIpc) is 2.70. The van der Waals surface area contributed by atoms with Crippen molar-refractivity contribution in [3.05, 3.63) is 45.3 Å². The molecule has 1 aromatic heterocycles.